The zero-order valence-electron chi connectivity index (χ0n) is 18.6. The van der Waals surface area contributed by atoms with Gasteiger partial charge in [0.1, 0.15) is 6.61 Å². The number of aromatic nitrogens is 1. The molecule has 2 aromatic rings. The normalized spacial score (nSPS) is 29.7. The Morgan fingerprint density at radius 2 is 1.84 bits per heavy atom. The molecule has 4 fully saturated rings. The zero-order valence-corrected chi connectivity index (χ0v) is 20.2. The highest BCUT2D eigenvalue weighted by Gasteiger charge is 2.52. The van der Waals surface area contributed by atoms with Crippen LogP contribution in [-0.2, 0) is 13.2 Å². The van der Waals surface area contributed by atoms with Crippen LogP contribution in [0.25, 0.3) is 0 Å². The first kappa shape index (κ1) is 21.3. The summed E-state index contributed by atoms with van der Waals surface area (Å²) in [6, 6.07) is 8.73. The topological polar surface area (TPSA) is 43.4 Å². The second-order valence-corrected chi connectivity index (χ2v) is 11.0. The summed E-state index contributed by atoms with van der Waals surface area (Å²) in [5.74, 6) is 4.46. The molecule has 1 atom stereocenters. The minimum Gasteiger partial charge on any atom is -0.493 e. The van der Waals surface area contributed by atoms with Gasteiger partial charge in [0.2, 0.25) is 0 Å². The molecule has 4 aliphatic carbocycles. The quantitative estimate of drug-likeness (QED) is 0.489. The molecule has 5 heteroatoms. The van der Waals surface area contributed by atoms with Crippen molar-refractivity contribution in [3.05, 3.63) is 52.3 Å². The summed E-state index contributed by atoms with van der Waals surface area (Å²) >= 11 is 3.70. The first-order valence-corrected chi connectivity index (χ1v) is 12.5. The third-order valence-corrected chi connectivity index (χ3v) is 8.60. The minimum absolute atomic E-state index is 0.462. The SMILES string of the molecule is COc1cc(CN[C@H](C)C23CC4CC(CC(C4)C2)C3)cc(Br)c1OCc1cccnc1. The maximum absolute atomic E-state index is 6.06. The lowest BCUT2D eigenvalue weighted by Gasteiger charge is -2.59. The highest BCUT2D eigenvalue weighted by molar-refractivity contribution is 9.10. The number of halogens is 1. The van der Waals surface area contributed by atoms with E-state index in [2.05, 4.69) is 45.3 Å². The number of benzene rings is 1. The van der Waals surface area contributed by atoms with Gasteiger partial charge in [-0.25, -0.2) is 0 Å². The maximum Gasteiger partial charge on any atom is 0.175 e. The summed E-state index contributed by atoms with van der Waals surface area (Å²) < 4.78 is 12.6. The summed E-state index contributed by atoms with van der Waals surface area (Å²) in [6.45, 7) is 3.73. The molecule has 0 saturated heterocycles. The Labute approximate surface area is 194 Å². The van der Waals surface area contributed by atoms with Gasteiger partial charge < -0.3 is 14.8 Å². The van der Waals surface area contributed by atoms with Gasteiger partial charge in [-0.05, 0) is 108 Å². The van der Waals surface area contributed by atoms with Crippen molar-refractivity contribution in [2.45, 2.75) is 64.6 Å². The number of pyridine rings is 1. The molecule has 166 valence electrons. The van der Waals surface area contributed by atoms with E-state index < -0.39 is 0 Å². The van der Waals surface area contributed by atoms with Gasteiger partial charge in [-0.15, -0.1) is 0 Å². The standard InChI is InChI=1S/C26H33BrN2O2/c1-17(26-11-19-6-20(12-26)8-21(7-19)13-26)29-15-22-9-23(27)25(24(10-22)30-2)31-16-18-4-3-5-28-14-18/h3-5,9-10,14,17,19-21,29H,6-8,11-13,15-16H2,1-2H3/t17-,19?,20?,21?,26?/m1/s1. The van der Waals surface area contributed by atoms with Gasteiger partial charge in [0.05, 0.1) is 11.6 Å². The molecule has 0 unspecified atom stereocenters. The lowest BCUT2D eigenvalue weighted by atomic mass is 9.48. The fraction of sp³-hybridized carbons (Fsp3) is 0.577. The van der Waals surface area contributed by atoms with Crippen LogP contribution < -0.4 is 14.8 Å². The molecule has 0 spiro atoms. The molecule has 4 aliphatic rings. The van der Waals surface area contributed by atoms with Crippen molar-refractivity contribution in [1.82, 2.24) is 10.3 Å². The lowest BCUT2D eigenvalue weighted by Crippen LogP contribution is -2.54. The molecule has 1 aromatic carbocycles. The summed E-state index contributed by atoms with van der Waals surface area (Å²) in [7, 11) is 1.70. The molecule has 31 heavy (non-hydrogen) atoms. The largest absolute Gasteiger partial charge is 0.493 e. The molecule has 4 bridgehead atoms. The summed E-state index contributed by atoms with van der Waals surface area (Å²) in [4.78, 5) is 4.15. The summed E-state index contributed by atoms with van der Waals surface area (Å²) in [5, 5.41) is 3.89. The van der Waals surface area contributed by atoms with E-state index in [1.165, 1.54) is 44.1 Å². The highest BCUT2D eigenvalue weighted by atomic mass is 79.9. The molecule has 1 heterocycles. The van der Waals surface area contributed by atoms with Gasteiger partial charge in [0, 0.05) is 30.5 Å². The Hall–Kier alpha value is -1.59. The number of rotatable bonds is 8. The van der Waals surface area contributed by atoms with E-state index >= 15 is 0 Å². The number of methoxy groups -OCH3 is 1. The van der Waals surface area contributed by atoms with E-state index in [9.17, 15) is 0 Å². The van der Waals surface area contributed by atoms with Crippen molar-refractivity contribution in [3.63, 3.8) is 0 Å². The third kappa shape index (κ3) is 4.36. The number of nitrogens with one attached hydrogen (secondary N) is 1. The molecule has 4 nitrogen and oxygen atoms in total. The van der Waals surface area contributed by atoms with E-state index in [-0.39, 0.29) is 0 Å². The average Bonchev–Trinajstić information content (AvgIpc) is 2.76. The average molecular weight is 485 g/mol. The van der Waals surface area contributed by atoms with Crippen molar-refractivity contribution in [2.75, 3.05) is 7.11 Å². The van der Waals surface area contributed by atoms with Crippen LogP contribution in [0.4, 0.5) is 0 Å². The van der Waals surface area contributed by atoms with Crippen LogP contribution in [0.3, 0.4) is 0 Å². The summed E-state index contributed by atoms with van der Waals surface area (Å²) in [6.07, 6.45) is 12.4. The number of nitrogens with zero attached hydrogens (tertiary/aromatic N) is 1. The van der Waals surface area contributed by atoms with Crippen LogP contribution >= 0.6 is 15.9 Å². The Bertz CT molecular complexity index is 882. The fourth-order valence-electron chi connectivity index (χ4n) is 6.85. The molecule has 0 amide bonds. The molecule has 1 N–H and O–H groups in total. The molecular weight excluding hydrogens is 452 g/mol. The maximum atomic E-state index is 6.06. The first-order chi connectivity index (χ1) is 15.0. The molecule has 0 aliphatic heterocycles. The van der Waals surface area contributed by atoms with Gasteiger partial charge in [0.15, 0.2) is 11.5 Å². The monoisotopic (exact) mass is 484 g/mol. The smallest absolute Gasteiger partial charge is 0.175 e. The van der Waals surface area contributed by atoms with Crippen molar-refractivity contribution in [1.29, 1.82) is 0 Å². The van der Waals surface area contributed by atoms with Gasteiger partial charge in [-0.2, -0.15) is 0 Å². The molecule has 6 rings (SSSR count). The van der Waals surface area contributed by atoms with E-state index in [4.69, 9.17) is 9.47 Å². The minimum atomic E-state index is 0.462. The predicted octanol–water partition coefficient (Wildman–Crippen LogP) is 6.13. The van der Waals surface area contributed by atoms with Gasteiger partial charge >= 0.3 is 0 Å². The highest BCUT2D eigenvalue weighted by Crippen LogP contribution is 2.61. The fourth-order valence-corrected chi connectivity index (χ4v) is 7.45. The van der Waals surface area contributed by atoms with Crippen molar-refractivity contribution in [3.8, 4) is 11.5 Å². The van der Waals surface area contributed by atoms with Crippen molar-refractivity contribution >= 4 is 15.9 Å². The predicted molar refractivity (Wildman–Crippen MR) is 126 cm³/mol. The second-order valence-electron chi connectivity index (χ2n) is 10.1. The van der Waals surface area contributed by atoms with E-state index in [0.717, 1.165) is 45.8 Å². The Kier molecular flexibility index (Phi) is 6.00. The van der Waals surface area contributed by atoms with Crippen LogP contribution in [0.5, 0.6) is 11.5 Å². The van der Waals surface area contributed by atoms with Crippen LogP contribution in [0, 0.1) is 23.2 Å². The van der Waals surface area contributed by atoms with Crippen LogP contribution in [0.1, 0.15) is 56.6 Å². The molecule has 1 aromatic heterocycles. The van der Waals surface area contributed by atoms with Crippen LogP contribution in [0.2, 0.25) is 0 Å². The van der Waals surface area contributed by atoms with Crippen molar-refractivity contribution < 1.29 is 9.47 Å². The van der Waals surface area contributed by atoms with Gasteiger partial charge in [-0.3, -0.25) is 4.98 Å². The number of ether oxygens (including phenoxy) is 2. The zero-order chi connectivity index (χ0) is 21.4. The van der Waals surface area contributed by atoms with Gasteiger partial charge in [-0.1, -0.05) is 6.07 Å². The first-order valence-electron chi connectivity index (χ1n) is 11.7. The van der Waals surface area contributed by atoms with E-state index in [1.54, 1.807) is 13.3 Å². The Balaban J connectivity index is 1.25. The Morgan fingerprint density at radius 3 is 2.45 bits per heavy atom. The van der Waals surface area contributed by atoms with Crippen molar-refractivity contribution in [2.24, 2.45) is 23.2 Å². The molecule has 0 radical (unpaired) electrons. The second kappa shape index (κ2) is 8.74. The van der Waals surface area contributed by atoms with Crippen LogP contribution in [-0.4, -0.2) is 18.1 Å². The molecular formula is C26H33BrN2O2. The number of hydrogen-bond donors (Lipinski definition) is 1. The summed E-state index contributed by atoms with van der Waals surface area (Å²) in [5.41, 5.74) is 2.77. The molecule has 4 saturated carbocycles. The lowest BCUT2D eigenvalue weighted by molar-refractivity contribution is -0.0706. The Morgan fingerprint density at radius 1 is 1.13 bits per heavy atom. The third-order valence-electron chi connectivity index (χ3n) is 8.01. The van der Waals surface area contributed by atoms with E-state index in [1.807, 2.05) is 18.3 Å². The number of hydrogen-bond acceptors (Lipinski definition) is 4. The van der Waals surface area contributed by atoms with E-state index in [0.29, 0.717) is 18.1 Å². The van der Waals surface area contributed by atoms with Gasteiger partial charge in [0.25, 0.3) is 0 Å². The van der Waals surface area contributed by atoms with Crippen LogP contribution in [0.15, 0.2) is 41.1 Å².